The Morgan fingerprint density at radius 2 is 1.97 bits per heavy atom. The minimum absolute atomic E-state index is 0.513. The van der Waals surface area contributed by atoms with Crippen LogP contribution in [0, 0.1) is 12.8 Å². The van der Waals surface area contributed by atoms with Gasteiger partial charge >= 0.3 is 0 Å². The monoisotopic (exact) mass is 492 g/mol. The number of benzene rings is 1. The van der Waals surface area contributed by atoms with Crippen LogP contribution < -0.4 is 20.3 Å². The van der Waals surface area contributed by atoms with Gasteiger partial charge in [0.1, 0.15) is 5.75 Å². The number of nitrogens with one attached hydrogen (secondary N) is 2. The van der Waals surface area contributed by atoms with E-state index in [9.17, 15) is 0 Å². The lowest BCUT2D eigenvalue weighted by Gasteiger charge is -2.44. The van der Waals surface area contributed by atoms with Gasteiger partial charge in [-0.2, -0.15) is 9.67 Å². The smallest absolute Gasteiger partial charge is 0.229 e. The number of ether oxygens (including phenoxy) is 1. The fourth-order valence-corrected chi connectivity index (χ4v) is 5.43. The first-order valence-electron chi connectivity index (χ1n) is 12.8. The molecule has 2 saturated heterocycles. The lowest BCUT2D eigenvalue weighted by molar-refractivity contribution is 0.0649. The molecule has 2 N–H and O–H groups in total. The summed E-state index contributed by atoms with van der Waals surface area (Å²) in [7, 11) is 5.67. The quantitative estimate of drug-likeness (QED) is 0.486. The number of anilines is 4. The molecule has 2 atom stereocenters. The van der Waals surface area contributed by atoms with E-state index >= 15 is 0 Å². The van der Waals surface area contributed by atoms with Gasteiger partial charge in [0.25, 0.3) is 0 Å². The van der Waals surface area contributed by atoms with Crippen molar-refractivity contribution in [2.45, 2.75) is 45.1 Å². The van der Waals surface area contributed by atoms with Gasteiger partial charge in [0.15, 0.2) is 11.6 Å². The zero-order valence-electron chi connectivity index (χ0n) is 21.6. The lowest BCUT2D eigenvalue weighted by Crippen LogP contribution is -2.49. The average Bonchev–Trinajstić information content (AvgIpc) is 3.33. The van der Waals surface area contributed by atoms with E-state index in [2.05, 4.69) is 36.0 Å². The highest BCUT2D eigenvalue weighted by Crippen LogP contribution is 2.32. The minimum Gasteiger partial charge on any atom is -0.497 e. The summed E-state index contributed by atoms with van der Waals surface area (Å²) < 4.78 is 7.17. The largest absolute Gasteiger partial charge is 0.497 e. The maximum atomic E-state index is 5.51. The van der Waals surface area contributed by atoms with Crippen LogP contribution in [-0.2, 0) is 0 Å². The predicted octanol–water partition coefficient (Wildman–Crippen LogP) is 3.26. The Bertz CT molecular complexity index is 1180. The van der Waals surface area contributed by atoms with Crippen LogP contribution in [0.3, 0.4) is 0 Å². The molecule has 1 aromatic carbocycles. The van der Waals surface area contributed by atoms with Crippen molar-refractivity contribution in [3.05, 3.63) is 30.2 Å². The summed E-state index contributed by atoms with van der Waals surface area (Å²) in [5.74, 6) is 3.36. The van der Waals surface area contributed by atoms with Gasteiger partial charge in [-0.25, -0.2) is 4.98 Å². The summed E-state index contributed by atoms with van der Waals surface area (Å²) >= 11 is 0. The standard InChI is InChI=1S/C25H36N10O/c1-17-30-31-32-35(17)20-12-19(13-21(14-20)36-4)28-25-27-16-23(33(2)3)24(29-25)26-15-18-8-7-11-34-10-6-5-9-22(18)34/h12-14,16,18,22H,5-11,15H2,1-4H3,(H2,26,27,28,29). The van der Waals surface area contributed by atoms with Crippen LogP contribution in [0.2, 0.25) is 0 Å². The van der Waals surface area contributed by atoms with Crippen LogP contribution in [0.5, 0.6) is 5.75 Å². The number of aryl methyl sites for hydroxylation is 1. The molecule has 2 aliphatic rings. The number of rotatable bonds is 8. The first-order valence-corrected chi connectivity index (χ1v) is 12.8. The number of methoxy groups -OCH3 is 1. The topological polar surface area (TPSA) is 109 Å². The van der Waals surface area contributed by atoms with Crippen LogP contribution in [0.15, 0.2) is 24.4 Å². The van der Waals surface area contributed by atoms with E-state index in [0.29, 0.717) is 29.5 Å². The Morgan fingerprint density at radius 3 is 2.75 bits per heavy atom. The molecule has 2 unspecified atom stereocenters. The summed E-state index contributed by atoms with van der Waals surface area (Å²) in [4.78, 5) is 14.2. The van der Waals surface area contributed by atoms with Crippen LogP contribution in [0.4, 0.5) is 23.1 Å². The number of hydrogen-bond acceptors (Lipinski definition) is 10. The SMILES string of the molecule is COc1cc(Nc2ncc(N(C)C)c(NCC3CCCN4CCCCC34)n2)cc(-n2nnnc2C)c1. The van der Waals surface area contributed by atoms with Crippen molar-refractivity contribution in [2.24, 2.45) is 5.92 Å². The Balaban J connectivity index is 1.36. The Kier molecular flexibility index (Phi) is 7.17. The summed E-state index contributed by atoms with van der Waals surface area (Å²) in [6.45, 7) is 5.27. The van der Waals surface area contributed by atoms with Crippen molar-refractivity contribution in [2.75, 3.05) is 56.4 Å². The fraction of sp³-hybridized carbons (Fsp3) is 0.560. The minimum atomic E-state index is 0.513. The van der Waals surface area contributed by atoms with Gasteiger partial charge in [0.05, 0.1) is 24.7 Å². The van der Waals surface area contributed by atoms with Gasteiger partial charge in [-0.15, -0.1) is 5.10 Å². The first kappa shape index (κ1) is 24.2. The second-order valence-corrected chi connectivity index (χ2v) is 9.89. The molecule has 2 aliphatic heterocycles. The molecule has 5 rings (SSSR count). The molecular weight excluding hydrogens is 456 g/mol. The maximum Gasteiger partial charge on any atom is 0.229 e. The molecule has 4 heterocycles. The number of aromatic nitrogens is 6. The van der Waals surface area contributed by atoms with Crippen molar-refractivity contribution in [1.29, 1.82) is 0 Å². The lowest BCUT2D eigenvalue weighted by atomic mass is 9.83. The second kappa shape index (κ2) is 10.7. The van der Waals surface area contributed by atoms with Crippen LogP contribution >= 0.6 is 0 Å². The maximum absolute atomic E-state index is 5.51. The molecule has 11 nitrogen and oxygen atoms in total. The highest BCUT2D eigenvalue weighted by Gasteiger charge is 2.32. The van der Waals surface area contributed by atoms with Gasteiger partial charge in [0, 0.05) is 44.5 Å². The van der Waals surface area contributed by atoms with E-state index in [1.165, 1.54) is 45.2 Å². The van der Waals surface area contributed by atoms with E-state index < -0.39 is 0 Å². The van der Waals surface area contributed by atoms with E-state index in [4.69, 9.17) is 9.72 Å². The number of piperidine rings is 2. The Morgan fingerprint density at radius 1 is 1.11 bits per heavy atom. The number of fused-ring (bicyclic) bond motifs is 1. The van der Waals surface area contributed by atoms with E-state index in [-0.39, 0.29) is 0 Å². The molecular formula is C25H36N10O. The molecule has 0 amide bonds. The molecule has 0 radical (unpaired) electrons. The molecule has 0 aliphatic carbocycles. The van der Waals surface area contributed by atoms with Crippen LogP contribution in [0.1, 0.15) is 37.9 Å². The summed E-state index contributed by atoms with van der Waals surface area (Å²) in [5, 5.41) is 18.8. The van der Waals surface area contributed by atoms with Gasteiger partial charge in [-0.3, -0.25) is 0 Å². The van der Waals surface area contributed by atoms with Crippen molar-refractivity contribution in [1.82, 2.24) is 35.1 Å². The zero-order valence-corrected chi connectivity index (χ0v) is 21.6. The van der Waals surface area contributed by atoms with Gasteiger partial charge in [0.2, 0.25) is 5.95 Å². The van der Waals surface area contributed by atoms with Gasteiger partial charge < -0.3 is 25.2 Å². The second-order valence-electron chi connectivity index (χ2n) is 9.89. The predicted molar refractivity (Wildman–Crippen MR) is 141 cm³/mol. The third-order valence-corrected chi connectivity index (χ3v) is 7.26. The molecule has 2 aromatic heterocycles. The van der Waals surface area contributed by atoms with Crippen molar-refractivity contribution in [3.8, 4) is 11.4 Å². The molecule has 0 spiro atoms. The molecule has 2 fully saturated rings. The summed E-state index contributed by atoms with van der Waals surface area (Å²) in [6.07, 6.45) is 8.39. The Labute approximate surface area is 212 Å². The molecule has 192 valence electrons. The fourth-order valence-electron chi connectivity index (χ4n) is 5.43. The van der Waals surface area contributed by atoms with Crippen LogP contribution in [-0.4, -0.2) is 82.0 Å². The van der Waals surface area contributed by atoms with Crippen molar-refractivity contribution in [3.63, 3.8) is 0 Å². The molecule has 3 aromatic rings. The third kappa shape index (κ3) is 5.20. The number of nitrogens with zero attached hydrogens (tertiary/aromatic N) is 8. The summed E-state index contributed by atoms with van der Waals surface area (Å²) in [6, 6.07) is 6.42. The van der Waals surface area contributed by atoms with Gasteiger partial charge in [-0.1, -0.05) is 6.42 Å². The highest BCUT2D eigenvalue weighted by molar-refractivity contribution is 5.68. The first-order chi connectivity index (χ1) is 17.5. The third-order valence-electron chi connectivity index (χ3n) is 7.26. The molecule has 11 heteroatoms. The van der Waals surface area contributed by atoms with Crippen molar-refractivity contribution >= 4 is 23.1 Å². The highest BCUT2D eigenvalue weighted by atomic mass is 16.5. The molecule has 36 heavy (non-hydrogen) atoms. The molecule has 0 saturated carbocycles. The zero-order chi connectivity index (χ0) is 25.1. The average molecular weight is 493 g/mol. The summed E-state index contributed by atoms with van der Waals surface area (Å²) in [5.41, 5.74) is 2.54. The number of hydrogen-bond donors (Lipinski definition) is 2. The van der Waals surface area contributed by atoms with E-state index in [1.54, 1.807) is 11.8 Å². The molecule has 0 bridgehead atoms. The van der Waals surface area contributed by atoms with Crippen molar-refractivity contribution < 1.29 is 4.74 Å². The van der Waals surface area contributed by atoms with E-state index in [0.717, 1.165) is 29.4 Å². The Hall–Kier alpha value is -3.47. The van der Waals surface area contributed by atoms with Gasteiger partial charge in [-0.05, 0) is 68.1 Å². The number of tetrazole rings is 1. The normalized spacial score (nSPS) is 20.0. The van der Waals surface area contributed by atoms with E-state index in [1.807, 2.05) is 50.3 Å². The van der Waals surface area contributed by atoms with Crippen LogP contribution in [0.25, 0.3) is 5.69 Å².